The molecule has 1 N–H and O–H groups in total. The van der Waals surface area contributed by atoms with Crippen molar-refractivity contribution in [2.45, 2.75) is 43.7 Å². The molecule has 1 unspecified atom stereocenters. The molecule has 0 amide bonds. The smallest absolute Gasteiger partial charge is 0.240 e. The molecular formula is C25H29N3O2S. The highest BCUT2D eigenvalue weighted by Crippen LogP contribution is 2.23. The molecule has 1 aliphatic rings. The molecule has 0 spiro atoms. The Morgan fingerprint density at radius 2 is 1.71 bits per heavy atom. The Hall–Kier alpha value is -2.54. The van der Waals surface area contributed by atoms with Gasteiger partial charge in [0.25, 0.3) is 0 Å². The lowest BCUT2D eigenvalue weighted by Gasteiger charge is -2.20. The largest absolute Gasteiger partial charge is 0.300 e. The summed E-state index contributed by atoms with van der Waals surface area (Å²) in [6.07, 6.45) is 5.33. The van der Waals surface area contributed by atoms with Gasteiger partial charge in [-0.3, -0.25) is 4.98 Å². The molecule has 3 aromatic rings. The van der Waals surface area contributed by atoms with Crippen molar-refractivity contribution in [1.82, 2.24) is 14.6 Å². The van der Waals surface area contributed by atoms with Crippen LogP contribution >= 0.6 is 0 Å². The maximum absolute atomic E-state index is 12.6. The zero-order valence-electron chi connectivity index (χ0n) is 17.9. The number of sulfonamides is 1. The molecular weight excluding hydrogens is 406 g/mol. The molecule has 31 heavy (non-hydrogen) atoms. The van der Waals surface area contributed by atoms with Crippen molar-refractivity contribution in [1.29, 1.82) is 0 Å². The highest BCUT2D eigenvalue weighted by molar-refractivity contribution is 7.89. The van der Waals surface area contributed by atoms with Gasteiger partial charge in [-0.15, -0.1) is 0 Å². The van der Waals surface area contributed by atoms with Gasteiger partial charge in [0.1, 0.15) is 0 Å². The first-order chi connectivity index (χ1) is 15.0. The highest BCUT2D eigenvalue weighted by Gasteiger charge is 2.19. The van der Waals surface area contributed by atoms with Crippen LogP contribution < -0.4 is 4.72 Å². The molecule has 2 aromatic carbocycles. The number of hydrogen-bond acceptors (Lipinski definition) is 4. The number of likely N-dealkylation sites (tertiary alicyclic amines) is 1. The number of aromatic nitrogens is 1. The molecule has 4 rings (SSSR count). The van der Waals surface area contributed by atoms with E-state index in [-0.39, 0.29) is 11.4 Å². The Bertz CT molecular complexity index is 1080. The van der Waals surface area contributed by atoms with E-state index in [2.05, 4.69) is 45.8 Å². The molecule has 5 nitrogen and oxygen atoms in total. The summed E-state index contributed by atoms with van der Waals surface area (Å²) in [6, 6.07) is 21.7. The zero-order valence-corrected chi connectivity index (χ0v) is 18.7. The van der Waals surface area contributed by atoms with Crippen LogP contribution in [0.15, 0.2) is 77.8 Å². The summed E-state index contributed by atoms with van der Waals surface area (Å²) >= 11 is 0. The van der Waals surface area contributed by atoms with Crippen LogP contribution in [0.25, 0.3) is 11.1 Å². The lowest BCUT2D eigenvalue weighted by atomic mass is 10.0. The normalized spacial score (nSPS) is 17.1. The summed E-state index contributed by atoms with van der Waals surface area (Å²) in [6.45, 7) is 4.81. The van der Waals surface area contributed by atoms with Crippen molar-refractivity contribution < 1.29 is 8.42 Å². The monoisotopic (exact) mass is 435 g/mol. The summed E-state index contributed by atoms with van der Waals surface area (Å²) in [5.41, 5.74) is 4.11. The number of nitrogens with zero attached hydrogens (tertiary/aromatic N) is 2. The van der Waals surface area contributed by atoms with Gasteiger partial charge in [-0.1, -0.05) is 42.5 Å². The molecule has 162 valence electrons. The number of benzene rings is 2. The van der Waals surface area contributed by atoms with Gasteiger partial charge < -0.3 is 4.90 Å². The van der Waals surface area contributed by atoms with Crippen LogP contribution in [-0.2, 0) is 23.0 Å². The fraction of sp³-hybridized carbons (Fsp3) is 0.320. The fourth-order valence-electron chi connectivity index (χ4n) is 4.04. The van der Waals surface area contributed by atoms with Crippen LogP contribution in [0.2, 0.25) is 0 Å². The first kappa shape index (κ1) is 21.7. The van der Waals surface area contributed by atoms with Gasteiger partial charge in [-0.2, -0.15) is 0 Å². The van der Waals surface area contributed by atoms with Crippen molar-refractivity contribution in [3.05, 3.63) is 84.2 Å². The maximum atomic E-state index is 12.6. The van der Waals surface area contributed by atoms with E-state index in [4.69, 9.17) is 0 Å². The summed E-state index contributed by atoms with van der Waals surface area (Å²) in [5, 5.41) is 0. The first-order valence-electron chi connectivity index (χ1n) is 10.8. The molecule has 0 saturated carbocycles. The molecule has 1 atom stereocenters. The van der Waals surface area contributed by atoms with Gasteiger partial charge in [-0.25, -0.2) is 13.1 Å². The molecule has 0 aliphatic carbocycles. The Labute approximate surface area is 185 Å². The highest BCUT2D eigenvalue weighted by atomic mass is 32.2. The third-order valence-corrected chi connectivity index (χ3v) is 7.42. The molecule has 2 heterocycles. The average molecular weight is 436 g/mol. The number of nitrogens with one attached hydrogen (secondary N) is 1. The lowest BCUT2D eigenvalue weighted by molar-refractivity contribution is 0.272. The molecule has 6 heteroatoms. The van der Waals surface area contributed by atoms with Crippen molar-refractivity contribution in [3.63, 3.8) is 0 Å². The van der Waals surface area contributed by atoms with Crippen molar-refractivity contribution >= 4 is 10.0 Å². The minimum atomic E-state index is -3.58. The van der Waals surface area contributed by atoms with Crippen LogP contribution in [0.5, 0.6) is 0 Å². The molecule has 0 bridgehead atoms. The van der Waals surface area contributed by atoms with Crippen molar-refractivity contribution in [2.24, 2.45) is 0 Å². The van der Waals surface area contributed by atoms with Gasteiger partial charge in [0.2, 0.25) is 10.0 Å². The Morgan fingerprint density at radius 3 is 2.32 bits per heavy atom. The summed E-state index contributed by atoms with van der Waals surface area (Å²) in [7, 11) is -3.58. The molecule has 1 aliphatic heterocycles. The lowest BCUT2D eigenvalue weighted by Crippen LogP contribution is -2.28. The van der Waals surface area contributed by atoms with Gasteiger partial charge >= 0.3 is 0 Å². The van der Waals surface area contributed by atoms with Gasteiger partial charge in [0, 0.05) is 18.8 Å². The number of pyridine rings is 1. The number of rotatable bonds is 8. The Balaban J connectivity index is 1.37. The van der Waals surface area contributed by atoms with E-state index in [0.29, 0.717) is 11.7 Å². The van der Waals surface area contributed by atoms with Gasteiger partial charge in [0.05, 0.1) is 17.1 Å². The maximum Gasteiger partial charge on any atom is 0.240 e. The van der Waals surface area contributed by atoms with Crippen LogP contribution in [0.1, 0.15) is 31.0 Å². The quantitative estimate of drug-likeness (QED) is 0.574. The first-order valence-corrected chi connectivity index (χ1v) is 12.3. The molecule has 1 fully saturated rings. The molecule has 1 aromatic heterocycles. The predicted molar refractivity (Wildman–Crippen MR) is 124 cm³/mol. The van der Waals surface area contributed by atoms with E-state index in [1.54, 1.807) is 30.5 Å². The van der Waals surface area contributed by atoms with E-state index >= 15 is 0 Å². The Morgan fingerprint density at radius 1 is 1.00 bits per heavy atom. The van der Waals surface area contributed by atoms with Gasteiger partial charge in [0.15, 0.2) is 0 Å². The second kappa shape index (κ2) is 9.73. The minimum Gasteiger partial charge on any atom is -0.300 e. The van der Waals surface area contributed by atoms with Gasteiger partial charge in [-0.05, 0) is 73.7 Å². The molecule has 1 saturated heterocycles. The zero-order chi connectivity index (χ0) is 21.7. The third kappa shape index (κ3) is 5.58. The summed E-state index contributed by atoms with van der Waals surface area (Å²) < 4.78 is 27.7. The van der Waals surface area contributed by atoms with Crippen LogP contribution in [0.3, 0.4) is 0 Å². The molecule has 0 radical (unpaired) electrons. The van der Waals surface area contributed by atoms with E-state index in [9.17, 15) is 8.42 Å². The van der Waals surface area contributed by atoms with Crippen molar-refractivity contribution in [3.8, 4) is 11.1 Å². The van der Waals surface area contributed by atoms with E-state index in [1.807, 2.05) is 18.2 Å². The average Bonchev–Trinajstić information content (AvgIpc) is 3.22. The minimum absolute atomic E-state index is 0.169. The Kier molecular flexibility index (Phi) is 6.80. The SMILES string of the molecule is CC1CCCN1CCc1ccc(-c2ccc(S(=O)(=O)NCc3ccccn3)cc2)cc1. The second-order valence-corrected chi connectivity index (χ2v) is 9.91. The topological polar surface area (TPSA) is 62.3 Å². The third-order valence-electron chi connectivity index (χ3n) is 6.00. The summed E-state index contributed by atoms with van der Waals surface area (Å²) in [5.74, 6) is 0. The standard InChI is InChI=1S/C25H29N3O2S/c1-20-5-4-17-28(20)18-15-21-7-9-22(10-8-21)23-11-13-25(14-12-23)31(29,30)27-19-24-6-2-3-16-26-24/h2-3,6-14,16,20,27H,4-5,15,17-19H2,1H3. The van der Waals surface area contributed by atoms with Crippen LogP contribution in [0.4, 0.5) is 0 Å². The number of hydrogen-bond donors (Lipinski definition) is 1. The van der Waals surface area contributed by atoms with E-state index < -0.39 is 10.0 Å². The van der Waals surface area contributed by atoms with Crippen LogP contribution in [-0.4, -0.2) is 37.4 Å². The summed E-state index contributed by atoms with van der Waals surface area (Å²) in [4.78, 5) is 6.96. The van der Waals surface area contributed by atoms with E-state index in [1.165, 1.54) is 24.9 Å². The fourth-order valence-corrected chi connectivity index (χ4v) is 5.04. The van der Waals surface area contributed by atoms with Crippen molar-refractivity contribution in [2.75, 3.05) is 13.1 Å². The second-order valence-electron chi connectivity index (χ2n) is 8.14. The van der Waals surface area contributed by atoms with E-state index in [0.717, 1.165) is 24.1 Å². The van der Waals surface area contributed by atoms with Crippen LogP contribution in [0, 0.1) is 0 Å². The predicted octanol–water partition coefficient (Wildman–Crippen LogP) is 4.25.